The number of rotatable bonds is 5. The fourth-order valence-electron chi connectivity index (χ4n) is 7.84. The molecule has 0 saturated carbocycles. The Morgan fingerprint density at radius 3 is 1.45 bits per heavy atom. The van der Waals surface area contributed by atoms with Gasteiger partial charge in [-0.3, -0.25) is 0 Å². The first kappa shape index (κ1) is 25.3. The minimum Gasteiger partial charge on any atom is -0.309 e. The number of hydrogen-bond acceptors (Lipinski definition) is 1. The summed E-state index contributed by atoms with van der Waals surface area (Å²) >= 11 is 0. The van der Waals surface area contributed by atoms with E-state index >= 15 is 0 Å². The van der Waals surface area contributed by atoms with Gasteiger partial charge in [0.05, 0.1) is 16.9 Å². The maximum Gasteiger partial charge on any atom is 0.0645 e. The lowest BCUT2D eigenvalue weighted by atomic mass is 9.85. The fraction of sp³-hybridized carbons (Fsp3) is 0. The Morgan fingerprint density at radius 2 is 0.784 bits per heavy atom. The molecule has 1 nitrogen and oxygen atoms in total. The van der Waals surface area contributed by atoms with E-state index in [1.54, 1.807) is 0 Å². The second kappa shape index (κ2) is 12.0. The van der Waals surface area contributed by atoms with Crippen LogP contribution in [0.15, 0.2) is 200 Å². The van der Waals surface area contributed by atoms with Crippen molar-refractivity contribution in [2.75, 3.05) is 4.90 Å². The average Bonchev–Trinajstić information content (AvgIpc) is 3.24. The van der Waals surface area contributed by atoms with Gasteiger partial charge in [0, 0.05) is 16.5 Å². The Kier molecular flexibility index (Phi) is 5.96. The van der Waals surface area contributed by atoms with E-state index in [4.69, 9.17) is 0 Å². The van der Waals surface area contributed by atoms with Crippen LogP contribution in [0, 0.1) is 0 Å². The third-order valence-electron chi connectivity index (χ3n) is 10.1. The van der Waals surface area contributed by atoms with Crippen molar-refractivity contribution in [1.29, 1.82) is 0 Å². The van der Waals surface area contributed by atoms with Crippen molar-refractivity contribution >= 4 is 70.9 Å². The van der Waals surface area contributed by atoms with E-state index < -0.39 is 0 Å². The zero-order chi connectivity index (χ0) is 37.2. The van der Waals surface area contributed by atoms with Crippen LogP contribution in [0.4, 0.5) is 17.1 Å². The largest absolute Gasteiger partial charge is 0.309 e. The van der Waals surface area contributed by atoms with E-state index in [2.05, 4.69) is 78.9 Å². The van der Waals surface area contributed by atoms with Crippen molar-refractivity contribution in [3.8, 4) is 22.3 Å². The molecule has 10 rings (SSSR count). The van der Waals surface area contributed by atoms with Gasteiger partial charge in [-0.25, -0.2) is 0 Å². The fourth-order valence-corrected chi connectivity index (χ4v) is 7.84. The van der Waals surface area contributed by atoms with Gasteiger partial charge in [-0.05, 0) is 89.6 Å². The molecule has 238 valence electrons. The van der Waals surface area contributed by atoms with Crippen molar-refractivity contribution < 1.29 is 5.48 Å². The van der Waals surface area contributed by atoms with Crippen molar-refractivity contribution in [1.82, 2.24) is 0 Å². The van der Waals surface area contributed by atoms with Gasteiger partial charge in [0.1, 0.15) is 0 Å². The molecule has 0 amide bonds. The van der Waals surface area contributed by atoms with Gasteiger partial charge >= 0.3 is 0 Å². The van der Waals surface area contributed by atoms with E-state index in [0.29, 0.717) is 5.56 Å². The number of anilines is 3. The summed E-state index contributed by atoms with van der Waals surface area (Å²) in [7, 11) is 0. The molecule has 0 aliphatic heterocycles. The predicted molar refractivity (Wildman–Crippen MR) is 220 cm³/mol. The van der Waals surface area contributed by atoms with Crippen molar-refractivity contribution in [3.05, 3.63) is 200 Å². The Morgan fingerprint density at radius 1 is 0.314 bits per heavy atom. The van der Waals surface area contributed by atoms with Gasteiger partial charge in [-0.1, -0.05) is 176 Å². The summed E-state index contributed by atoms with van der Waals surface area (Å²) in [5, 5.41) is 9.99. The first-order chi connectivity index (χ1) is 27.0. The SMILES string of the molecule is [2H]c1c([2H])c(N(c2cccc3ccccc23)c2cc3ccccc3c3ccccc23)c([2H])c([2H])c1-c1c(-c2ccccc2)c2ccccc2c2ccccc12. The number of nitrogens with zero attached hydrogens (tertiary/aromatic N) is 1. The lowest BCUT2D eigenvalue weighted by Crippen LogP contribution is -2.11. The number of fused-ring (bicyclic) bond motifs is 7. The monoisotopic (exact) mass is 651 g/mol. The topological polar surface area (TPSA) is 3.24 Å². The summed E-state index contributed by atoms with van der Waals surface area (Å²) in [6.07, 6.45) is 0. The lowest BCUT2D eigenvalue weighted by molar-refractivity contribution is 1.32. The Hall–Kier alpha value is -6.70. The van der Waals surface area contributed by atoms with Crippen LogP contribution in [0.5, 0.6) is 0 Å². The van der Waals surface area contributed by atoms with E-state index in [0.717, 1.165) is 76.4 Å². The van der Waals surface area contributed by atoms with E-state index in [9.17, 15) is 5.48 Å². The molecular weight excluding hydrogens is 615 g/mol. The number of hydrogen-bond donors (Lipinski definition) is 0. The first-order valence-electron chi connectivity index (χ1n) is 19.3. The molecule has 51 heavy (non-hydrogen) atoms. The zero-order valence-electron chi connectivity index (χ0n) is 31.7. The maximum atomic E-state index is 9.94. The molecule has 0 N–H and O–H groups in total. The van der Waals surface area contributed by atoms with Crippen LogP contribution in [0.2, 0.25) is 0 Å². The van der Waals surface area contributed by atoms with Crippen molar-refractivity contribution in [2.45, 2.75) is 0 Å². The highest BCUT2D eigenvalue weighted by molar-refractivity contribution is 6.22. The molecule has 0 heterocycles. The van der Waals surface area contributed by atoms with Crippen LogP contribution in [0.25, 0.3) is 76.1 Å². The predicted octanol–water partition coefficient (Wildman–Crippen LogP) is 14.3. The number of benzene rings is 10. The third-order valence-corrected chi connectivity index (χ3v) is 10.1. The normalized spacial score (nSPS) is 12.6. The minimum absolute atomic E-state index is 0.0936. The van der Waals surface area contributed by atoms with E-state index in [-0.39, 0.29) is 35.4 Å². The molecule has 0 atom stereocenters. The third kappa shape index (κ3) is 4.78. The van der Waals surface area contributed by atoms with Crippen LogP contribution in [-0.4, -0.2) is 0 Å². The van der Waals surface area contributed by atoms with Crippen LogP contribution in [0.1, 0.15) is 5.48 Å². The molecule has 0 saturated heterocycles. The van der Waals surface area contributed by atoms with Gasteiger partial charge in [-0.15, -0.1) is 0 Å². The second-order valence-electron chi connectivity index (χ2n) is 12.9. The van der Waals surface area contributed by atoms with Gasteiger partial charge in [0.25, 0.3) is 0 Å². The molecule has 0 fully saturated rings. The van der Waals surface area contributed by atoms with Crippen LogP contribution in [0.3, 0.4) is 0 Å². The second-order valence-corrected chi connectivity index (χ2v) is 12.9. The summed E-state index contributed by atoms with van der Waals surface area (Å²) in [6, 6.07) is 58.8. The smallest absolute Gasteiger partial charge is 0.0645 e. The van der Waals surface area contributed by atoms with E-state index in [1.165, 1.54) is 0 Å². The van der Waals surface area contributed by atoms with Gasteiger partial charge < -0.3 is 4.90 Å². The molecule has 0 bridgehead atoms. The molecule has 0 aliphatic rings. The molecule has 0 aliphatic carbocycles. The standard InChI is InChI=1S/C50H33N/c1-2-16-35(17-3-1)49-45-26-12-9-23-42(45)43-24-10-13-27-46(43)50(49)36-29-31-38(32-30-36)51(47-28-14-19-34-15-4-7-21-40(34)47)48-33-37-18-5-6-20-39(37)41-22-8-11-25-44(41)48/h1-33H/i29D,30D,31D,32D. The molecule has 10 aromatic carbocycles. The minimum atomic E-state index is -0.113. The molecular formula is C50H33N. The average molecular weight is 652 g/mol. The molecule has 0 spiro atoms. The quantitative estimate of drug-likeness (QED) is 0.167. The van der Waals surface area contributed by atoms with Crippen molar-refractivity contribution in [2.24, 2.45) is 0 Å². The molecule has 0 aromatic heterocycles. The highest BCUT2D eigenvalue weighted by Crippen LogP contribution is 2.47. The summed E-state index contributed by atoms with van der Waals surface area (Å²) in [5.74, 6) is 0. The van der Waals surface area contributed by atoms with Crippen LogP contribution < -0.4 is 4.90 Å². The molecule has 10 aromatic rings. The summed E-state index contributed by atoms with van der Waals surface area (Å²) in [5.41, 5.74) is 4.54. The zero-order valence-corrected chi connectivity index (χ0v) is 27.7. The van der Waals surface area contributed by atoms with Crippen molar-refractivity contribution in [3.63, 3.8) is 0 Å². The Labute approximate surface area is 302 Å². The molecule has 0 radical (unpaired) electrons. The van der Waals surface area contributed by atoms with Gasteiger partial charge in [0.15, 0.2) is 0 Å². The lowest BCUT2D eigenvalue weighted by Gasteiger charge is -2.29. The summed E-state index contributed by atoms with van der Waals surface area (Å²) in [4.78, 5) is 1.96. The summed E-state index contributed by atoms with van der Waals surface area (Å²) in [6.45, 7) is 0. The Bertz CT molecular complexity index is 3120. The highest BCUT2D eigenvalue weighted by atomic mass is 15.1. The first-order valence-corrected chi connectivity index (χ1v) is 17.3. The summed E-state index contributed by atoms with van der Waals surface area (Å²) < 4.78 is 39.7. The van der Waals surface area contributed by atoms with Gasteiger partial charge in [-0.2, -0.15) is 0 Å². The highest BCUT2D eigenvalue weighted by Gasteiger charge is 2.21. The Balaban J connectivity index is 1.35. The van der Waals surface area contributed by atoms with Gasteiger partial charge in [0.2, 0.25) is 0 Å². The van der Waals surface area contributed by atoms with E-state index in [1.807, 2.05) is 102 Å². The van der Waals surface area contributed by atoms with Crippen LogP contribution >= 0.6 is 0 Å². The molecule has 1 heteroatoms. The molecule has 0 unspecified atom stereocenters. The van der Waals surface area contributed by atoms with Crippen LogP contribution in [-0.2, 0) is 0 Å². The maximum absolute atomic E-state index is 9.94.